The fourth-order valence-corrected chi connectivity index (χ4v) is 3.06. The molecule has 84 valence electrons. The number of hydrogen-bond donors (Lipinski definition) is 1. The third-order valence-electron chi connectivity index (χ3n) is 2.82. The average molecular weight is 225 g/mol. The highest BCUT2D eigenvalue weighted by atomic mass is 32.1. The Morgan fingerprint density at radius 2 is 2.33 bits per heavy atom. The van der Waals surface area contributed by atoms with Gasteiger partial charge in [0.1, 0.15) is 0 Å². The van der Waals surface area contributed by atoms with E-state index in [4.69, 9.17) is 0 Å². The van der Waals surface area contributed by atoms with Gasteiger partial charge in [-0.1, -0.05) is 0 Å². The van der Waals surface area contributed by atoms with E-state index in [9.17, 15) is 0 Å². The summed E-state index contributed by atoms with van der Waals surface area (Å²) >= 11 is 1.84. The molecule has 0 bridgehead atoms. The quantitative estimate of drug-likeness (QED) is 0.828. The summed E-state index contributed by atoms with van der Waals surface area (Å²) in [7, 11) is 0. The van der Waals surface area contributed by atoms with Crippen LogP contribution in [-0.4, -0.2) is 35.6 Å². The van der Waals surface area contributed by atoms with Crippen LogP contribution in [0.15, 0.2) is 0 Å². The SMILES string of the molecule is Cc1nc(C)c(CN2CCN[C@H](C)C2)s1. The van der Waals surface area contributed by atoms with Gasteiger partial charge in [-0.05, 0) is 20.8 Å². The van der Waals surface area contributed by atoms with E-state index in [1.54, 1.807) is 0 Å². The Morgan fingerprint density at radius 1 is 1.53 bits per heavy atom. The number of aryl methyl sites for hydroxylation is 2. The van der Waals surface area contributed by atoms with Crippen LogP contribution in [0.2, 0.25) is 0 Å². The van der Waals surface area contributed by atoms with Crippen LogP contribution < -0.4 is 5.32 Å². The van der Waals surface area contributed by atoms with Crippen molar-refractivity contribution in [1.82, 2.24) is 15.2 Å². The molecule has 0 aliphatic carbocycles. The van der Waals surface area contributed by atoms with Gasteiger partial charge in [-0.15, -0.1) is 11.3 Å². The highest BCUT2D eigenvalue weighted by Crippen LogP contribution is 2.19. The number of nitrogens with zero attached hydrogens (tertiary/aromatic N) is 2. The lowest BCUT2D eigenvalue weighted by Gasteiger charge is -2.31. The van der Waals surface area contributed by atoms with Gasteiger partial charge < -0.3 is 5.32 Å². The molecule has 1 saturated heterocycles. The number of piperazine rings is 1. The minimum atomic E-state index is 0.619. The van der Waals surface area contributed by atoms with Crippen LogP contribution in [-0.2, 0) is 6.54 Å². The predicted octanol–water partition coefficient (Wildman–Crippen LogP) is 1.55. The molecule has 1 aliphatic heterocycles. The molecule has 0 amide bonds. The van der Waals surface area contributed by atoms with Crippen molar-refractivity contribution in [2.75, 3.05) is 19.6 Å². The van der Waals surface area contributed by atoms with Crippen molar-refractivity contribution >= 4 is 11.3 Å². The molecule has 2 rings (SSSR count). The van der Waals surface area contributed by atoms with Gasteiger partial charge in [0.2, 0.25) is 0 Å². The molecule has 0 radical (unpaired) electrons. The molecular formula is C11H19N3S. The van der Waals surface area contributed by atoms with Crippen molar-refractivity contribution in [2.24, 2.45) is 0 Å². The van der Waals surface area contributed by atoms with Crippen LogP contribution in [0.3, 0.4) is 0 Å². The zero-order chi connectivity index (χ0) is 10.8. The van der Waals surface area contributed by atoms with Gasteiger partial charge in [-0.25, -0.2) is 4.98 Å². The van der Waals surface area contributed by atoms with Crippen molar-refractivity contribution in [1.29, 1.82) is 0 Å². The van der Waals surface area contributed by atoms with Gasteiger partial charge in [-0.2, -0.15) is 0 Å². The number of hydrogen-bond acceptors (Lipinski definition) is 4. The molecule has 0 spiro atoms. The molecule has 0 saturated carbocycles. The first-order chi connectivity index (χ1) is 7.15. The number of aromatic nitrogens is 1. The first-order valence-electron chi connectivity index (χ1n) is 5.54. The fourth-order valence-electron chi connectivity index (χ4n) is 2.08. The minimum Gasteiger partial charge on any atom is -0.312 e. The number of rotatable bonds is 2. The van der Waals surface area contributed by atoms with Crippen LogP contribution in [0.5, 0.6) is 0 Å². The van der Waals surface area contributed by atoms with E-state index >= 15 is 0 Å². The average Bonchev–Trinajstić information content (AvgIpc) is 2.45. The molecule has 1 aliphatic rings. The molecule has 1 aromatic heterocycles. The lowest BCUT2D eigenvalue weighted by molar-refractivity contribution is 0.201. The minimum absolute atomic E-state index is 0.619. The van der Waals surface area contributed by atoms with E-state index in [2.05, 4.69) is 36.0 Å². The second-order valence-corrected chi connectivity index (χ2v) is 5.62. The summed E-state index contributed by atoms with van der Waals surface area (Å²) in [4.78, 5) is 8.42. The maximum atomic E-state index is 4.47. The van der Waals surface area contributed by atoms with E-state index in [1.165, 1.54) is 15.6 Å². The van der Waals surface area contributed by atoms with Crippen molar-refractivity contribution in [3.8, 4) is 0 Å². The second-order valence-electron chi connectivity index (χ2n) is 4.33. The summed E-state index contributed by atoms with van der Waals surface area (Å²) in [6, 6.07) is 0.619. The largest absolute Gasteiger partial charge is 0.312 e. The van der Waals surface area contributed by atoms with Gasteiger partial charge in [0, 0.05) is 37.1 Å². The second kappa shape index (κ2) is 4.60. The lowest BCUT2D eigenvalue weighted by atomic mass is 10.2. The number of thiazole rings is 1. The summed E-state index contributed by atoms with van der Waals surface area (Å²) in [6.07, 6.45) is 0. The van der Waals surface area contributed by atoms with Crippen molar-refractivity contribution in [3.05, 3.63) is 15.6 Å². The van der Waals surface area contributed by atoms with Crippen molar-refractivity contribution in [2.45, 2.75) is 33.4 Å². The van der Waals surface area contributed by atoms with Crippen LogP contribution in [0, 0.1) is 13.8 Å². The third-order valence-corrected chi connectivity index (χ3v) is 3.88. The molecule has 15 heavy (non-hydrogen) atoms. The van der Waals surface area contributed by atoms with E-state index < -0.39 is 0 Å². The summed E-state index contributed by atoms with van der Waals surface area (Å²) < 4.78 is 0. The Kier molecular flexibility index (Phi) is 3.38. The predicted molar refractivity (Wildman–Crippen MR) is 64.3 cm³/mol. The smallest absolute Gasteiger partial charge is 0.0900 e. The highest BCUT2D eigenvalue weighted by Gasteiger charge is 2.17. The summed E-state index contributed by atoms with van der Waals surface area (Å²) in [5, 5.41) is 4.65. The summed E-state index contributed by atoms with van der Waals surface area (Å²) in [5.74, 6) is 0. The van der Waals surface area contributed by atoms with E-state index in [0.29, 0.717) is 6.04 Å². The van der Waals surface area contributed by atoms with Gasteiger partial charge >= 0.3 is 0 Å². The standard InChI is InChI=1S/C11H19N3S/c1-8-6-14(5-4-12-8)7-11-9(2)13-10(3)15-11/h8,12H,4-7H2,1-3H3/t8-/m1/s1. The lowest BCUT2D eigenvalue weighted by Crippen LogP contribution is -2.48. The fraction of sp³-hybridized carbons (Fsp3) is 0.727. The first-order valence-corrected chi connectivity index (χ1v) is 6.35. The topological polar surface area (TPSA) is 28.2 Å². The molecule has 0 aromatic carbocycles. The molecule has 1 aromatic rings. The number of nitrogens with one attached hydrogen (secondary N) is 1. The molecule has 3 nitrogen and oxygen atoms in total. The molecule has 1 N–H and O–H groups in total. The van der Waals surface area contributed by atoms with Crippen LogP contribution in [0.4, 0.5) is 0 Å². The monoisotopic (exact) mass is 225 g/mol. The highest BCUT2D eigenvalue weighted by molar-refractivity contribution is 7.11. The zero-order valence-corrected chi connectivity index (χ0v) is 10.5. The van der Waals surface area contributed by atoms with E-state index in [1.807, 2.05) is 11.3 Å². The van der Waals surface area contributed by atoms with Crippen LogP contribution in [0.1, 0.15) is 22.5 Å². The molecular weight excluding hydrogens is 206 g/mol. The molecule has 1 fully saturated rings. The summed E-state index contributed by atoms with van der Waals surface area (Å²) in [5.41, 5.74) is 1.21. The normalized spacial score (nSPS) is 23.3. The van der Waals surface area contributed by atoms with Gasteiger partial charge in [0.05, 0.1) is 10.7 Å². The van der Waals surface area contributed by atoms with Crippen LogP contribution in [0.25, 0.3) is 0 Å². The van der Waals surface area contributed by atoms with Gasteiger partial charge in [0.25, 0.3) is 0 Å². The summed E-state index contributed by atoms with van der Waals surface area (Å²) in [6.45, 7) is 10.9. The third kappa shape index (κ3) is 2.77. The Bertz CT molecular complexity index is 335. The van der Waals surface area contributed by atoms with Crippen LogP contribution >= 0.6 is 11.3 Å². The maximum Gasteiger partial charge on any atom is 0.0900 e. The van der Waals surface area contributed by atoms with Gasteiger partial charge in [0.15, 0.2) is 0 Å². The Hall–Kier alpha value is -0.450. The first kappa shape index (κ1) is 11.0. The Labute approximate surface area is 95.5 Å². The van der Waals surface area contributed by atoms with Gasteiger partial charge in [-0.3, -0.25) is 4.90 Å². The zero-order valence-electron chi connectivity index (χ0n) is 9.71. The van der Waals surface area contributed by atoms with E-state index in [0.717, 1.165) is 26.2 Å². The van der Waals surface area contributed by atoms with Crippen molar-refractivity contribution in [3.63, 3.8) is 0 Å². The van der Waals surface area contributed by atoms with E-state index in [-0.39, 0.29) is 0 Å². The maximum absolute atomic E-state index is 4.47. The molecule has 0 unspecified atom stereocenters. The Balaban J connectivity index is 1.99. The Morgan fingerprint density at radius 3 is 2.93 bits per heavy atom. The molecule has 2 heterocycles. The van der Waals surface area contributed by atoms with Crippen molar-refractivity contribution < 1.29 is 0 Å². The molecule has 1 atom stereocenters. The molecule has 4 heteroatoms.